The SMILES string of the molecule is CC/C=C\C/C=C\C/C=C\CCCCCC(=O)NC(CS(=O)(=O)O)C(O)/C=C/CC/C=C/CC/C=C/CCCCCC. The lowest BCUT2D eigenvalue weighted by Gasteiger charge is -2.21. The van der Waals surface area contributed by atoms with Gasteiger partial charge in [0.25, 0.3) is 10.1 Å². The normalized spacial score (nSPS) is 14.5. The second kappa shape index (κ2) is 28.9. The molecule has 0 aromatic rings. The van der Waals surface area contributed by atoms with Crippen LogP contribution in [0.15, 0.2) is 72.9 Å². The number of aliphatic hydroxyl groups is 1. The highest BCUT2D eigenvalue weighted by atomic mass is 32.2. The third kappa shape index (κ3) is 29.3. The highest BCUT2D eigenvalue weighted by molar-refractivity contribution is 7.85. The Balaban J connectivity index is 4.24. The van der Waals surface area contributed by atoms with Crippen LogP contribution in [0.4, 0.5) is 0 Å². The lowest BCUT2D eigenvalue weighted by atomic mass is 10.1. The van der Waals surface area contributed by atoms with Crippen LogP contribution in [-0.2, 0) is 14.9 Å². The Hall–Kier alpha value is -2.22. The number of amides is 1. The van der Waals surface area contributed by atoms with Crippen LogP contribution >= 0.6 is 0 Å². The van der Waals surface area contributed by atoms with Gasteiger partial charge in [-0.3, -0.25) is 9.35 Å². The summed E-state index contributed by atoms with van der Waals surface area (Å²) < 4.78 is 32.2. The molecule has 0 radical (unpaired) electrons. The van der Waals surface area contributed by atoms with Crippen molar-refractivity contribution < 1.29 is 22.9 Å². The van der Waals surface area contributed by atoms with Crippen molar-refractivity contribution in [3.05, 3.63) is 72.9 Å². The molecule has 0 saturated carbocycles. The van der Waals surface area contributed by atoms with Gasteiger partial charge in [-0.2, -0.15) is 8.42 Å². The number of hydrogen-bond donors (Lipinski definition) is 3. The van der Waals surface area contributed by atoms with Crippen molar-refractivity contribution >= 4 is 16.0 Å². The summed E-state index contributed by atoms with van der Waals surface area (Å²) in [7, 11) is -4.36. The number of nitrogens with one attached hydrogen (secondary N) is 1. The Morgan fingerprint density at radius 3 is 1.74 bits per heavy atom. The average molecular weight is 606 g/mol. The Kier molecular flexibility index (Phi) is 27.4. The fraction of sp³-hybridized carbons (Fsp3) is 0.629. The zero-order valence-corrected chi connectivity index (χ0v) is 27.2. The van der Waals surface area contributed by atoms with E-state index < -0.39 is 28.0 Å². The van der Waals surface area contributed by atoms with Gasteiger partial charge in [-0.1, -0.05) is 112 Å². The van der Waals surface area contributed by atoms with E-state index in [1.54, 1.807) is 6.08 Å². The maximum atomic E-state index is 12.4. The fourth-order valence-corrected chi connectivity index (χ4v) is 4.93. The summed E-state index contributed by atoms with van der Waals surface area (Å²) in [6.45, 7) is 4.34. The van der Waals surface area contributed by atoms with Crippen molar-refractivity contribution in [1.82, 2.24) is 5.32 Å². The highest BCUT2D eigenvalue weighted by Gasteiger charge is 2.24. The van der Waals surface area contributed by atoms with E-state index in [2.05, 4.69) is 79.9 Å². The van der Waals surface area contributed by atoms with Gasteiger partial charge in [-0.05, 0) is 77.0 Å². The van der Waals surface area contributed by atoms with Crippen LogP contribution in [0.3, 0.4) is 0 Å². The second-order valence-electron chi connectivity index (χ2n) is 10.7. The maximum absolute atomic E-state index is 12.4. The van der Waals surface area contributed by atoms with Crippen molar-refractivity contribution in [3.8, 4) is 0 Å². The Morgan fingerprint density at radius 2 is 1.17 bits per heavy atom. The molecule has 0 bridgehead atoms. The first kappa shape index (κ1) is 39.8. The smallest absolute Gasteiger partial charge is 0.267 e. The van der Waals surface area contributed by atoms with E-state index in [9.17, 15) is 22.9 Å². The Labute approximate surface area is 257 Å². The second-order valence-corrected chi connectivity index (χ2v) is 12.2. The molecule has 6 nitrogen and oxygen atoms in total. The summed E-state index contributed by atoms with van der Waals surface area (Å²) >= 11 is 0. The molecule has 0 aliphatic carbocycles. The van der Waals surface area contributed by atoms with Crippen LogP contribution in [0.2, 0.25) is 0 Å². The summed E-state index contributed by atoms with van der Waals surface area (Å²) in [5, 5.41) is 13.1. The first-order valence-electron chi connectivity index (χ1n) is 16.1. The monoisotopic (exact) mass is 605 g/mol. The van der Waals surface area contributed by atoms with Gasteiger partial charge >= 0.3 is 0 Å². The standard InChI is InChI=1S/C35H59NO5S/c1-3-5-7-9-11-13-15-17-19-20-22-24-26-28-30-34(37)33(32-42(39,40)41)36-35(38)31-29-27-25-23-21-18-16-14-12-10-8-6-4-2/h6,8,12-15,18,20-22,28,30,33-34,37H,3-5,7,9-11,16-17,19,23-27,29,31-32H2,1-2H3,(H,36,38)(H,39,40,41)/b8-6-,14-12-,15-13+,21-18-,22-20+,30-28+. The zero-order valence-electron chi connectivity index (χ0n) is 26.3. The molecular formula is C35H59NO5S. The van der Waals surface area contributed by atoms with Crippen molar-refractivity contribution in [1.29, 1.82) is 0 Å². The third-order valence-corrected chi connectivity index (χ3v) is 7.37. The van der Waals surface area contributed by atoms with Crippen molar-refractivity contribution in [2.45, 2.75) is 135 Å². The number of hydrogen-bond acceptors (Lipinski definition) is 4. The van der Waals surface area contributed by atoms with Crippen LogP contribution in [0.25, 0.3) is 0 Å². The first-order chi connectivity index (χ1) is 20.3. The molecule has 0 rings (SSSR count). The number of unbranched alkanes of at least 4 members (excludes halogenated alkanes) is 9. The number of allylic oxidation sites excluding steroid dienone is 11. The molecule has 0 heterocycles. The van der Waals surface area contributed by atoms with Gasteiger partial charge in [0.2, 0.25) is 5.91 Å². The quantitative estimate of drug-likeness (QED) is 0.0493. The molecule has 0 saturated heterocycles. The Bertz CT molecular complexity index is 931. The molecular weight excluding hydrogens is 546 g/mol. The van der Waals surface area contributed by atoms with E-state index >= 15 is 0 Å². The van der Waals surface area contributed by atoms with Gasteiger partial charge in [0.05, 0.1) is 17.9 Å². The summed E-state index contributed by atoms with van der Waals surface area (Å²) in [5.74, 6) is -1.06. The molecule has 240 valence electrons. The maximum Gasteiger partial charge on any atom is 0.267 e. The van der Waals surface area contributed by atoms with Gasteiger partial charge in [0.1, 0.15) is 0 Å². The van der Waals surface area contributed by atoms with Crippen LogP contribution < -0.4 is 5.32 Å². The number of carbonyl (C=O) groups excluding carboxylic acids is 1. The van der Waals surface area contributed by atoms with Gasteiger partial charge in [-0.15, -0.1) is 0 Å². The number of carbonyl (C=O) groups is 1. The van der Waals surface area contributed by atoms with E-state index in [4.69, 9.17) is 0 Å². The van der Waals surface area contributed by atoms with Gasteiger partial charge < -0.3 is 10.4 Å². The summed E-state index contributed by atoms with van der Waals surface area (Å²) in [6.07, 6.45) is 40.3. The van der Waals surface area contributed by atoms with E-state index in [-0.39, 0.29) is 12.3 Å². The molecule has 1 amide bonds. The van der Waals surface area contributed by atoms with Crippen LogP contribution in [-0.4, -0.2) is 41.9 Å². The predicted molar refractivity (Wildman–Crippen MR) is 179 cm³/mol. The predicted octanol–water partition coefficient (Wildman–Crippen LogP) is 8.73. The lowest BCUT2D eigenvalue weighted by molar-refractivity contribution is -0.122. The summed E-state index contributed by atoms with van der Waals surface area (Å²) in [4.78, 5) is 12.4. The lowest BCUT2D eigenvalue weighted by Crippen LogP contribution is -2.46. The molecule has 42 heavy (non-hydrogen) atoms. The summed E-state index contributed by atoms with van der Waals surface area (Å²) in [5.41, 5.74) is 0. The average Bonchev–Trinajstić information content (AvgIpc) is 2.94. The van der Waals surface area contributed by atoms with Crippen molar-refractivity contribution in [3.63, 3.8) is 0 Å². The molecule has 2 atom stereocenters. The van der Waals surface area contributed by atoms with E-state index in [0.717, 1.165) is 64.2 Å². The summed E-state index contributed by atoms with van der Waals surface area (Å²) in [6, 6.07) is -1.10. The van der Waals surface area contributed by atoms with Crippen LogP contribution in [0, 0.1) is 0 Å². The molecule has 3 N–H and O–H groups in total. The van der Waals surface area contributed by atoms with Crippen LogP contribution in [0.1, 0.15) is 123 Å². The number of rotatable bonds is 27. The minimum atomic E-state index is -4.36. The minimum absolute atomic E-state index is 0.245. The minimum Gasteiger partial charge on any atom is -0.387 e. The molecule has 0 spiro atoms. The topological polar surface area (TPSA) is 104 Å². The fourth-order valence-electron chi connectivity index (χ4n) is 4.20. The number of aliphatic hydroxyl groups excluding tert-OH is 1. The molecule has 0 aliphatic rings. The van der Waals surface area contributed by atoms with Crippen molar-refractivity contribution in [2.24, 2.45) is 0 Å². The largest absolute Gasteiger partial charge is 0.387 e. The molecule has 7 heteroatoms. The van der Waals surface area contributed by atoms with Crippen molar-refractivity contribution in [2.75, 3.05) is 5.75 Å². The molecule has 2 unspecified atom stereocenters. The van der Waals surface area contributed by atoms with E-state index in [0.29, 0.717) is 12.8 Å². The molecule has 0 aromatic carbocycles. The highest BCUT2D eigenvalue weighted by Crippen LogP contribution is 2.08. The van der Waals surface area contributed by atoms with E-state index in [1.807, 2.05) is 0 Å². The molecule has 0 fully saturated rings. The first-order valence-corrected chi connectivity index (χ1v) is 17.7. The zero-order chi connectivity index (χ0) is 31.2. The van der Waals surface area contributed by atoms with Gasteiger partial charge in [-0.25, -0.2) is 0 Å². The van der Waals surface area contributed by atoms with E-state index in [1.165, 1.54) is 31.8 Å². The molecule has 0 aliphatic heterocycles. The Morgan fingerprint density at radius 1 is 0.667 bits per heavy atom. The van der Waals surface area contributed by atoms with Crippen LogP contribution in [0.5, 0.6) is 0 Å². The third-order valence-electron chi connectivity index (χ3n) is 6.59. The molecule has 0 aromatic heterocycles. The van der Waals surface area contributed by atoms with Gasteiger partial charge in [0, 0.05) is 6.42 Å². The van der Waals surface area contributed by atoms with Gasteiger partial charge in [0.15, 0.2) is 0 Å².